The maximum atomic E-state index is 13.2. The number of halogens is 1. The van der Waals surface area contributed by atoms with Crippen molar-refractivity contribution in [1.29, 1.82) is 0 Å². The van der Waals surface area contributed by atoms with E-state index in [-0.39, 0.29) is 11.7 Å². The molecule has 1 N–H and O–H groups in total. The summed E-state index contributed by atoms with van der Waals surface area (Å²) in [6, 6.07) is 8.34. The number of pyridine rings is 1. The van der Waals surface area contributed by atoms with E-state index in [0.29, 0.717) is 17.8 Å². The minimum Gasteiger partial charge on any atom is -0.348 e. The zero-order chi connectivity index (χ0) is 13.7. The van der Waals surface area contributed by atoms with Gasteiger partial charge in [-0.1, -0.05) is 12.1 Å². The van der Waals surface area contributed by atoms with E-state index in [1.54, 1.807) is 16.7 Å². The number of imidazole rings is 1. The first kappa shape index (κ1) is 11.2. The van der Waals surface area contributed by atoms with E-state index in [9.17, 15) is 9.18 Å². The standard InChI is InChI=1S/C15H10FN3O/c16-9-4-5-19-8-13(18-14(19)6-9)10-2-1-3-11-12(10)7-17-15(11)20/h1-6,8H,7H2,(H,17,20). The molecule has 5 heteroatoms. The topological polar surface area (TPSA) is 46.4 Å². The largest absolute Gasteiger partial charge is 0.348 e. The zero-order valence-corrected chi connectivity index (χ0v) is 10.4. The number of nitrogens with zero attached hydrogens (tertiary/aromatic N) is 2. The number of aromatic nitrogens is 2. The summed E-state index contributed by atoms with van der Waals surface area (Å²) in [6.07, 6.45) is 3.47. The molecule has 0 bridgehead atoms. The quantitative estimate of drug-likeness (QED) is 0.735. The van der Waals surface area contributed by atoms with Gasteiger partial charge in [-0.3, -0.25) is 4.79 Å². The summed E-state index contributed by atoms with van der Waals surface area (Å²) in [5.41, 5.74) is 3.83. The summed E-state index contributed by atoms with van der Waals surface area (Å²) in [7, 11) is 0. The van der Waals surface area contributed by atoms with E-state index in [1.807, 2.05) is 18.3 Å². The predicted molar refractivity (Wildman–Crippen MR) is 71.8 cm³/mol. The maximum Gasteiger partial charge on any atom is 0.251 e. The third-order valence-electron chi connectivity index (χ3n) is 3.54. The lowest BCUT2D eigenvalue weighted by molar-refractivity contribution is 0.0966. The van der Waals surface area contributed by atoms with Gasteiger partial charge in [0.05, 0.1) is 5.69 Å². The highest BCUT2D eigenvalue weighted by molar-refractivity contribution is 6.00. The minimum atomic E-state index is -0.315. The van der Waals surface area contributed by atoms with Crippen molar-refractivity contribution in [1.82, 2.24) is 14.7 Å². The van der Waals surface area contributed by atoms with Crippen LogP contribution < -0.4 is 5.32 Å². The van der Waals surface area contributed by atoms with Gasteiger partial charge in [0.15, 0.2) is 0 Å². The first-order chi connectivity index (χ1) is 9.72. The second kappa shape index (κ2) is 3.90. The Morgan fingerprint density at radius 3 is 3.00 bits per heavy atom. The number of hydrogen-bond acceptors (Lipinski definition) is 2. The summed E-state index contributed by atoms with van der Waals surface area (Å²) >= 11 is 0. The van der Waals surface area contributed by atoms with Crippen LogP contribution in [-0.4, -0.2) is 15.3 Å². The predicted octanol–water partition coefficient (Wildman–Crippen LogP) is 2.38. The normalized spacial score (nSPS) is 13.6. The van der Waals surface area contributed by atoms with Crippen LogP contribution >= 0.6 is 0 Å². The lowest BCUT2D eigenvalue weighted by atomic mass is 10.0. The summed E-state index contributed by atoms with van der Waals surface area (Å²) in [4.78, 5) is 16.1. The van der Waals surface area contributed by atoms with Gasteiger partial charge in [-0.25, -0.2) is 9.37 Å². The lowest BCUT2D eigenvalue weighted by Gasteiger charge is -2.02. The van der Waals surface area contributed by atoms with Crippen molar-refractivity contribution in [2.24, 2.45) is 0 Å². The number of benzene rings is 1. The first-order valence-electron chi connectivity index (χ1n) is 6.27. The molecule has 0 atom stereocenters. The average molecular weight is 267 g/mol. The Hall–Kier alpha value is -2.69. The van der Waals surface area contributed by atoms with E-state index in [4.69, 9.17) is 0 Å². The Morgan fingerprint density at radius 1 is 1.25 bits per heavy atom. The average Bonchev–Trinajstić information content (AvgIpc) is 3.02. The third-order valence-corrected chi connectivity index (χ3v) is 3.54. The summed E-state index contributed by atoms with van der Waals surface area (Å²) in [6.45, 7) is 0.507. The van der Waals surface area contributed by atoms with Crippen LogP contribution in [0.25, 0.3) is 16.9 Å². The van der Waals surface area contributed by atoms with Gasteiger partial charge in [0.25, 0.3) is 5.91 Å². The van der Waals surface area contributed by atoms with Crippen molar-refractivity contribution in [3.05, 3.63) is 59.7 Å². The number of carbonyl (C=O) groups excluding carboxylic acids is 1. The molecule has 1 amide bonds. The van der Waals surface area contributed by atoms with Crippen molar-refractivity contribution < 1.29 is 9.18 Å². The SMILES string of the molecule is O=C1NCc2c1cccc2-c1cn2ccc(F)cc2n1. The molecule has 4 rings (SSSR count). The molecule has 0 unspecified atom stereocenters. The maximum absolute atomic E-state index is 13.2. The Bertz CT molecular complexity index is 853. The molecular formula is C15H10FN3O. The fourth-order valence-corrected chi connectivity index (χ4v) is 2.58. The molecule has 0 saturated heterocycles. The van der Waals surface area contributed by atoms with Gasteiger partial charge in [0.2, 0.25) is 0 Å². The molecule has 0 spiro atoms. The molecule has 0 fully saturated rings. The molecule has 98 valence electrons. The van der Waals surface area contributed by atoms with E-state index in [2.05, 4.69) is 10.3 Å². The Morgan fingerprint density at radius 2 is 2.10 bits per heavy atom. The van der Waals surface area contributed by atoms with Gasteiger partial charge in [-0.05, 0) is 17.7 Å². The number of nitrogens with one attached hydrogen (secondary N) is 1. The number of hydrogen-bond donors (Lipinski definition) is 1. The summed E-state index contributed by atoms with van der Waals surface area (Å²) in [5.74, 6) is -0.374. The van der Waals surface area contributed by atoms with E-state index in [1.165, 1.54) is 12.1 Å². The molecule has 20 heavy (non-hydrogen) atoms. The fourth-order valence-electron chi connectivity index (χ4n) is 2.58. The number of carbonyl (C=O) groups is 1. The van der Waals surface area contributed by atoms with Crippen LogP contribution in [0.2, 0.25) is 0 Å². The number of amides is 1. The number of rotatable bonds is 1. The summed E-state index contributed by atoms with van der Waals surface area (Å²) < 4.78 is 15.0. The molecule has 0 aliphatic carbocycles. The molecule has 3 heterocycles. The highest BCUT2D eigenvalue weighted by atomic mass is 19.1. The number of fused-ring (bicyclic) bond motifs is 2. The molecule has 1 aliphatic heterocycles. The highest BCUT2D eigenvalue weighted by Crippen LogP contribution is 2.28. The van der Waals surface area contributed by atoms with Crippen LogP contribution in [0.4, 0.5) is 4.39 Å². The molecule has 3 aromatic rings. The van der Waals surface area contributed by atoms with E-state index < -0.39 is 0 Å². The fraction of sp³-hybridized carbons (Fsp3) is 0.0667. The lowest BCUT2D eigenvalue weighted by Crippen LogP contribution is -2.12. The Labute approximate surface area is 113 Å². The highest BCUT2D eigenvalue weighted by Gasteiger charge is 2.22. The molecule has 1 aromatic carbocycles. The van der Waals surface area contributed by atoms with Crippen LogP contribution in [-0.2, 0) is 6.54 Å². The second-order valence-electron chi connectivity index (χ2n) is 4.75. The molecule has 0 radical (unpaired) electrons. The van der Waals surface area contributed by atoms with Crippen molar-refractivity contribution in [3.8, 4) is 11.3 Å². The van der Waals surface area contributed by atoms with E-state index >= 15 is 0 Å². The van der Waals surface area contributed by atoms with Crippen LogP contribution in [0.15, 0.2) is 42.7 Å². The molecular weight excluding hydrogens is 257 g/mol. The Kier molecular flexibility index (Phi) is 2.18. The van der Waals surface area contributed by atoms with E-state index in [0.717, 1.165) is 16.8 Å². The van der Waals surface area contributed by atoms with Crippen LogP contribution in [0.1, 0.15) is 15.9 Å². The van der Waals surface area contributed by atoms with Crippen LogP contribution in [0.3, 0.4) is 0 Å². The molecule has 4 nitrogen and oxygen atoms in total. The molecule has 1 aliphatic rings. The van der Waals surface area contributed by atoms with Crippen molar-refractivity contribution in [2.75, 3.05) is 0 Å². The van der Waals surface area contributed by atoms with Crippen LogP contribution in [0.5, 0.6) is 0 Å². The zero-order valence-electron chi connectivity index (χ0n) is 10.4. The van der Waals surface area contributed by atoms with Crippen molar-refractivity contribution >= 4 is 11.6 Å². The first-order valence-corrected chi connectivity index (χ1v) is 6.27. The monoisotopic (exact) mass is 267 g/mol. The summed E-state index contributed by atoms with van der Waals surface area (Å²) in [5, 5.41) is 2.80. The third kappa shape index (κ3) is 1.53. The second-order valence-corrected chi connectivity index (χ2v) is 4.75. The van der Waals surface area contributed by atoms with Gasteiger partial charge < -0.3 is 9.72 Å². The van der Waals surface area contributed by atoms with Gasteiger partial charge >= 0.3 is 0 Å². The van der Waals surface area contributed by atoms with Gasteiger partial charge in [0, 0.05) is 36.1 Å². The molecule has 2 aromatic heterocycles. The smallest absolute Gasteiger partial charge is 0.251 e. The van der Waals surface area contributed by atoms with Crippen molar-refractivity contribution in [3.63, 3.8) is 0 Å². The van der Waals surface area contributed by atoms with Gasteiger partial charge in [-0.15, -0.1) is 0 Å². The van der Waals surface area contributed by atoms with Gasteiger partial charge in [-0.2, -0.15) is 0 Å². The van der Waals surface area contributed by atoms with Crippen LogP contribution in [0, 0.1) is 5.82 Å². The van der Waals surface area contributed by atoms with Crippen molar-refractivity contribution in [2.45, 2.75) is 6.54 Å². The molecule has 0 saturated carbocycles. The Balaban J connectivity index is 1.94. The van der Waals surface area contributed by atoms with Gasteiger partial charge in [0.1, 0.15) is 11.5 Å². The minimum absolute atomic E-state index is 0.0586.